The molecule has 1 rings (SSSR count). The molecule has 0 aliphatic heterocycles. The highest BCUT2D eigenvalue weighted by molar-refractivity contribution is 5.77. The van der Waals surface area contributed by atoms with Crippen molar-refractivity contribution >= 4 is 5.91 Å². The van der Waals surface area contributed by atoms with E-state index in [1.165, 1.54) is 19.3 Å². The molecular weight excluding hydrogens is 242 g/mol. The molecule has 0 aromatic rings. The maximum absolute atomic E-state index is 12.0. The molecule has 112 valence electrons. The van der Waals surface area contributed by atoms with Gasteiger partial charge in [-0.2, -0.15) is 0 Å². The molecule has 2 atom stereocenters. The molecule has 1 saturated carbocycles. The molecule has 0 radical (unpaired) electrons. The number of aliphatic hydroxyl groups is 2. The molecule has 4 nitrogen and oxygen atoms in total. The standard InChI is InChI=1S/C15H29NO3/c1-11(2)13(18)9-14(19)16-15(3,10-17)12-7-5-4-6-8-12/h11-13,17-18H,4-10H2,1-3H3,(H,16,19)/t13-,15-/m1/s1. The van der Waals surface area contributed by atoms with Crippen LogP contribution in [-0.4, -0.2) is 34.4 Å². The van der Waals surface area contributed by atoms with Gasteiger partial charge < -0.3 is 15.5 Å². The molecular formula is C15H29NO3. The largest absolute Gasteiger partial charge is 0.394 e. The Labute approximate surface area is 116 Å². The molecule has 0 aromatic carbocycles. The zero-order chi connectivity index (χ0) is 14.5. The lowest BCUT2D eigenvalue weighted by Crippen LogP contribution is -2.55. The fraction of sp³-hybridized carbons (Fsp3) is 0.933. The molecule has 0 unspecified atom stereocenters. The van der Waals surface area contributed by atoms with Gasteiger partial charge in [0.15, 0.2) is 0 Å². The monoisotopic (exact) mass is 271 g/mol. The average molecular weight is 271 g/mol. The summed E-state index contributed by atoms with van der Waals surface area (Å²) < 4.78 is 0. The van der Waals surface area contributed by atoms with E-state index in [4.69, 9.17) is 0 Å². The number of carbonyl (C=O) groups excluding carboxylic acids is 1. The zero-order valence-electron chi connectivity index (χ0n) is 12.5. The number of aliphatic hydroxyl groups excluding tert-OH is 2. The molecule has 0 bridgehead atoms. The normalized spacial score (nSPS) is 22.0. The fourth-order valence-corrected chi connectivity index (χ4v) is 2.81. The van der Waals surface area contributed by atoms with Crippen LogP contribution in [0.5, 0.6) is 0 Å². The first kappa shape index (κ1) is 16.4. The maximum Gasteiger partial charge on any atom is 0.223 e. The lowest BCUT2D eigenvalue weighted by molar-refractivity contribution is -0.127. The topological polar surface area (TPSA) is 69.6 Å². The lowest BCUT2D eigenvalue weighted by Gasteiger charge is -2.39. The minimum Gasteiger partial charge on any atom is -0.394 e. The van der Waals surface area contributed by atoms with Gasteiger partial charge in [-0.05, 0) is 31.6 Å². The fourth-order valence-electron chi connectivity index (χ4n) is 2.81. The summed E-state index contributed by atoms with van der Waals surface area (Å²) in [6.45, 7) is 5.67. The molecule has 19 heavy (non-hydrogen) atoms. The smallest absolute Gasteiger partial charge is 0.223 e. The summed E-state index contributed by atoms with van der Waals surface area (Å²) in [5, 5.41) is 22.4. The number of rotatable bonds is 6. The summed E-state index contributed by atoms with van der Waals surface area (Å²) >= 11 is 0. The summed E-state index contributed by atoms with van der Waals surface area (Å²) in [6, 6.07) is 0. The van der Waals surface area contributed by atoms with Gasteiger partial charge in [0.2, 0.25) is 5.91 Å². The molecule has 3 N–H and O–H groups in total. The van der Waals surface area contributed by atoms with Gasteiger partial charge in [-0.3, -0.25) is 4.79 Å². The van der Waals surface area contributed by atoms with Crippen LogP contribution in [0.1, 0.15) is 59.3 Å². The van der Waals surface area contributed by atoms with Crippen LogP contribution >= 0.6 is 0 Å². The second kappa shape index (κ2) is 7.25. The van der Waals surface area contributed by atoms with Gasteiger partial charge in [-0.25, -0.2) is 0 Å². The summed E-state index contributed by atoms with van der Waals surface area (Å²) in [4.78, 5) is 12.0. The Morgan fingerprint density at radius 1 is 1.32 bits per heavy atom. The average Bonchev–Trinajstić information content (AvgIpc) is 2.39. The van der Waals surface area contributed by atoms with Crippen LogP contribution in [0.4, 0.5) is 0 Å². The minimum atomic E-state index is -0.616. The summed E-state index contributed by atoms with van der Waals surface area (Å²) in [7, 11) is 0. The molecule has 0 aromatic heterocycles. The Kier molecular flexibility index (Phi) is 6.27. The van der Waals surface area contributed by atoms with Crippen molar-refractivity contribution in [2.75, 3.05) is 6.61 Å². The lowest BCUT2D eigenvalue weighted by atomic mass is 9.76. The van der Waals surface area contributed by atoms with Crippen molar-refractivity contribution in [2.24, 2.45) is 11.8 Å². The Morgan fingerprint density at radius 3 is 2.37 bits per heavy atom. The molecule has 4 heteroatoms. The predicted molar refractivity (Wildman–Crippen MR) is 75.7 cm³/mol. The molecule has 0 heterocycles. The Morgan fingerprint density at radius 2 is 1.89 bits per heavy atom. The van der Waals surface area contributed by atoms with Crippen molar-refractivity contribution in [3.63, 3.8) is 0 Å². The van der Waals surface area contributed by atoms with Gasteiger partial charge >= 0.3 is 0 Å². The summed E-state index contributed by atoms with van der Waals surface area (Å²) in [6.07, 6.45) is 5.20. The summed E-state index contributed by atoms with van der Waals surface area (Å²) in [5.74, 6) is 0.246. The Hall–Kier alpha value is -0.610. The van der Waals surface area contributed by atoms with E-state index < -0.39 is 11.6 Å². The quantitative estimate of drug-likeness (QED) is 0.690. The van der Waals surface area contributed by atoms with Gasteiger partial charge in [-0.1, -0.05) is 33.1 Å². The van der Waals surface area contributed by atoms with E-state index in [1.54, 1.807) is 0 Å². The summed E-state index contributed by atoms with van der Waals surface area (Å²) in [5.41, 5.74) is -0.547. The Bertz CT molecular complexity index is 287. The van der Waals surface area contributed by atoms with Crippen molar-refractivity contribution < 1.29 is 15.0 Å². The van der Waals surface area contributed by atoms with Crippen LogP contribution in [0.3, 0.4) is 0 Å². The molecule has 1 aliphatic carbocycles. The molecule has 1 fully saturated rings. The van der Waals surface area contributed by atoms with E-state index >= 15 is 0 Å². The van der Waals surface area contributed by atoms with Crippen LogP contribution in [-0.2, 0) is 4.79 Å². The van der Waals surface area contributed by atoms with Crippen molar-refractivity contribution in [2.45, 2.75) is 70.9 Å². The van der Waals surface area contributed by atoms with Crippen molar-refractivity contribution in [3.8, 4) is 0 Å². The van der Waals surface area contributed by atoms with E-state index in [0.29, 0.717) is 5.92 Å². The third-order valence-corrected chi connectivity index (χ3v) is 4.42. The molecule has 1 amide bonds. The van der Waals surface area contributed by atoms with E-state index in [9.17, 15) is 15.0 Å². The highest BCUT2D eigenvalue weighted by atomic mass is 16.3. The number of hydrogen-bond acceptors (Lipinski definition) is 3. The second-order valence-corrected chi connectivity index (χ2v) is 6.47. The first-order valence-electron chi connectivity index (χ1n) is 7.49. The number of carbonyl (C=O) groups is 1. The zero-order valence-corrected chi connectivity index (χ0v) is 12.5. The van der Waals surface area contributed by atoms with Gasteiger partial charge in [0, 0.05) is 0 Å². The van der Waals surface area contributed by atoms with Gasteiger partial charge in [0.25, 0.3) is 0 Å². The van der Waals surface area contributed by atoms with E-state index in [2.05, 4.69) is 5.32 Å². The van der Waals surface area contributed by atoms with Crippen LogP contribution in [0.15, 0.2) is 0 Å². The van der Waals surface area contributed by atoms with Crippen LogP contribution in [0.25, 0.3) is 0 Å². The first-order chi connectivity index (χ1) is 8.89. The van der Waals surface area contributed by atoms with E-state index in [0.717, 1.165) is 12.8 Å². The maximum atomic E-state index is 12.0. The second-order valence-electron chi connectivity index (χ2n) is 6.47. The molecule has 0 saturated heterocycles. The van der Waals surface area contributed by atoms with E-state index in [1.807, 2.05) is 20.8 Å². The van der Waals surface area contributed by atoms with Gasteiger partial charge in [-0.15, -0.1) is 0 Å². The number of nitrogens with one attached hydrogen (secondary N) is 1. The van der Waals surface area contributed by atoms with Crippen LogP contribution in [0, 0.1) is 11.8 Å². The first-order valence-corrected chi connectivity index (χ1v) is 7.49. The van der Waals surface area contributed by atoms with Crippen molar-refractivity contribution in [1.82, 2.24) is 5.32 Å². The third-order valence-electron chi connectivity index (χ3n) is 4.42. The third kappa shape index (κ3) is 4.77. The number of hydrogen-bond donors (Lipinski definition) is 3. The Balaban J connectivity index is 2.56. The molecule has 0 spiro atoms. The van der Waals surface area contributed by atoms with Gasteiger partial charge in [0.1, 0.15) is 0 Å². The van der Waals surface area contributed by atoms with E-state index in [-0.39, 0.29) is 24.9 Å². The van der Waals surface area contributed by atoms with Crippen molar-refractivity contribution in [1.29, 1.82) is 0 Å². The van der Waals surface area contributed by atoms with Crippen LogP contribution in [0.2, 0.25) is 0 Å². The van der Waals surface area contributed by atoms with Crippen LogP contribution < -0.4 is 5.32 Å². The minimum absolute atomic E-state index is 0.0405. The van der Waals surface area contributed by atoms with Gasteiger partial charge in [0.05, 0.1) is 24.7 Å². The highest BCUT2D eigenvalue weighted by Crippen LogP contribution is 2.32. The SMILES string of the molecule is CC(C)[C@H](O)CC(=O)N[C@](C)(CO)C1CCCCC1. The number of amides is 1. The van der Waals surface area contributed by atoms with Crippen molar-refractivity contribution in [3.05, 3.63) is 0 Å². The highest BCUT2D eigenvalue weighted by Gasteiger charge is 2.36. The predicted octanol–water partition coefficient (Wildman–Crippen LogP) is 1.84. The molecule has 1 aliphatic rings.